The third-order valence-corrected chi connectivity index (χ3v) is 1.03. The number of ether oxygens (including phenoxy) is 2. The van der Waals surface area contributed by atoms with Crippen molar-refractivity contribution >= 4 is 18.0 Å². The number of hydrogen-bond donors (Lipinski definition) is 1. The van der Waals surface area contributed by atoms with E-state index in [1.54, 1.807) is 6.92 Å². The Morgan fingerprint density at radius 2 is 2.07 bits per heavy atom. The van der Waals surface area contributed by atoms with Gasteiger partial charge < -0.3 is 15.2 Å². The van der Waals surface area contributed by atoms with Crippen LogP contribution in [0.2, 0.25) is 0 Å². The Bertz CT molecular complexity index is 238. The van der Waals surface area contributed by atoms with E-state index in [1.165, 1.54) is 0 Å². The number of carbonyl (C=O) groups is 2. The van der Waals surface area contributed by atoms with E-state index in [4.69, 9.17) is 5.73 Å². The van der Waals surface area contributed by atoms with Crippen molar-refractivity contribution in [3.8, 4) is 0 Å². The third kappa shape index (κ3) is 5.81. The molecule has 0 atom stereocenters. The smallest absolute Gasteiger partial charge is 0.466 e. The lowest BCUT2D eigenvalue weighted by molar-refractivity contribution is -0.141. The van der Waals surface area contributed by atoms with Gasteiger partial charge in [-0.25, -0.2) is 4.79 Å². The molecule has 0 unspecified atom stereocenters. The second-order valence-electron chi connectivity index (χ2n) is 2.11. The monoisotopic (exact) mass is 204 g/mol. The molecular formula is C7H12N2O5. The van der Waals surface area contributed by atoms with Crippen LogP contribution in [0.5, 0.6) is 0 Å². The molecule has 0 bridgehead atoms. The van der Waals surface area contributed by atoms with Crippen LogP contribution in [0.25, 0.3) is 0 Å². The third-order valence-electron chi connectivity index (χ3n) is 1.03. The van der Waals surface area contributed by atoms with E-state index in [2.05, 4.69) is 19.5 Å². The fourth-order valence-electron chi connectivity index (χ4n) is 0.525. The molecule has 0 aromatic rings. The highest BCUT2D eigenvalue weighted by atomic mass is 16.8. The van der Waals surface area contributed by atoms with E-state index >= 15 is 0 Å². The molecule has 0 amide bonds. The number of rotatable bonds is 4. The highest BCUT2D eigenvalue weighted by Crippen LogP contribution is 1.89. The normalized spacial score (nSPS) is 10.6. The van der Waals surface area contributed by atoms with Crippen molar-refractivity contribution in [3.05, 3.63) is 0 Å². The SMILES string of the molecule is CCOC(=O)C/C(N)=N/OC(=O)OC. The van der Waals surface area contributed by atoms with Crippen LogP contribution < -0.4 is 5.73 Å². The largest absolute Gasteiger partial charge is 0.534 e. The van der Waals surface area contributed by atoms with Crippen molar-refractivity contribution in [2.24, 2.45) is 10.9 Å². The Hall–Kier alpha value is -1.79. The van der Waals surface area contributed by atoms with Gasteiger partial charge in [0.2, 0.25) is 0 Å². The van der Waals surface area contributed by atoms with Crippen LogP contribution in [0, 0.1) is 0 Å². The fraction of sp³-hybridized carbons (Fsp3) is 0.571. The summed E-state index contributed by atoms with van der Waals surface area (Å²) in [6.45, 7) is 1.92. The molecule has 0 aromatic carbocycles. The standard InChI is InChI=1S/C7H12N2O5/c1-3-13-6(10)4-5(8)9-14-7(11)12-2/h3-4H2,1-2H3,(H2,8,9). The molecule has 0 heterocycles. The number of nitrogens with zero attached hydrogens (tertiary/aromatic N) is 1. The quantitative estimate of drug-likeness (QED) is 0.227. The molecule has 7 nitrogen and oxygen atoms in total. The van der Waals surface area contributed by atoms with Gasteiger partial charge in [-0.2, -0.15) is 0 Å². The maximum atomic E-state index is 10.8. The molecule has 2 N–H and O–H groups in total. The minimum atomic E-state index is -1.00. The van der Waals surface area contributed by atoms with Gasteiger partial charge >= 0.3 is 12.1 Å². The van der Waals surface area contributed by atoms with Crippen LogP contribution in [0.1, 0.15) is 13.3 Å². The van der Waals surface area contributed by atoms with Crippen molar-refractivity contribution in [2.75, 3.05) is 13.7 Å². The lowest BCUT2D eigenvalue weighted by Gasteiger charge is -2.00. The maximum Gasteiger partial charge on any atom is 0.534 e. The molecule has 80 valence electrons. The van der Waals surface area contributed by atoms with E-state index in [9.17, 15) is 9.59 Å². The summed E-state index contributed by atoms with van der Waals surface area (Å²) >= 11 is 0. The molecule has 7 heteroatoms. The lowest BCUT2D eigenvalue weighted by Crippen LogP contribution is -2.19. The van der Waals surface area contributed by atoms with Gasteiger partial charge in [0.25, 0.3) is 0 Å². The maximum absolute atomic E-state index is 10.8. The molecular weight excluding hydrogens is 192 g/mol. The van der Waals surface area contributed by atoms with Crippen molar-refractivity contribution in [1.82, 2.24) is 0 Å². The molecule has 0 saturated carbocycles. The Labute approximate surface area is 80.8 Å². The molecule has 0 aliphatic rings. The first kappa shape index (κ1) is 12.2. The minimum absolute atomic E-state index is 0.158. The topological polar surface area (TPSA) is 100 Å². The van der Waals surface area contributed by atoms with E-state index < -0.39 is 12.1 Å². The molecule has 0 radical (unpaired) electrons. The summed E-state index contributed by atoms with van der Waals surface area (Å²) in [6.07, 6.45) is -1.23. The van der Waals surface area contributed by atoms with Crippen LogP contribution in [0.4, 0.5) is 4.79 Å². The van der Waals surface area contributed by atoms with Gasteiger partial charge in [0.15, 0.2) is 5.84 Å². The van der Waals surface area contributed by atoms with Crippen molar-refractivity contribution in [2.45, 2.75) is 13.3 Å². The Morgan fingerprint density at radius 1 is 1.43 bits per heavy atom. The summed E-state index contributed by atoms with van der Waals surface area (Å²) in [7, 11) is 1.12. The zero-order valence-corrected chi connectivity index (χ0v) is 7.98. The molecule has 0 rings (SSSR count). The lowest BCUT2D eigenvalue weighted by atomic mass is 10.4. The molecule has 0 aliphatic heterocycles. The van der Waals surface area contributed by atoms with Gasteiger partial charge in [0, 0.05) is 0 Å². The van der Waals surface area contributed by atoms with Crippen LogP contribution in [-0.4, -0.2) is 31.7 Å². The summed E-state index contributed by atoms with van der Waals surface area (Å²) in [6, 6.07) is 0. The number of methoxy groups -OCH3 is 1. The van der Waals surface area contributed by atoms with Crippen molar-refractivity contribution in [1.29, 1.82) is 0 Å². The van der Waals surface area contributed by atoms with Gasteiger partial charge in [-0.15, -0.1) is 0 Å². The van der Waals surface area contributed by atoms with E-state index in [1.807, 2.05) is 0 Å². The Morgan fingerprint density at radius 3 is 2.57 bits per heavy atom. The molecule has 0 fully saturated rings. The molecule has 0 spiro atoms. The fourth-order valence-corrected chi connectivity index (χ4v) is 0.525. The number of oxime groups is 1. The summed E-state index contributed by atoms with van der Waals surface area (Å²) in [4.78, 5) is 25.3. The first-order valence-corrected chi connectivity index (χ1v) is 3.83. The molecule has 0 aromatic heterocycles. The minimum Gasteiger partial charge on any atom is -0.466 e. The van der Waals surface area contributed by atoms with E-state index in [0.717, 1.165) is 7.11 Å². The number of carbonyl (C=O) groups excluding carboxylic acids is 2. The van der Waals surface area contributed by atoms with Gasteiger partial charge in [-0.05, 0) is 6.92 Å². The van der Waals surface area contributed by atoms with Crippen LogP contribution >= 0.6 is 0 Å². The van der Waals surface area contributed by atoms with E-state index in [-0.39, 0.29) is 18.9 Å². The first-order chi connectivity index (χ1) is 6.60. The second-order valence-corrected chi connectivity index (χ2v) is 2.11. The van der Waals surface area contributed by atoms with Gasteiger partial charge in [-0.1, -0.05) is 5.16 Å². The number of esters is 1. The Balaban J connectivity index is 3.88. The van der Waals surface area contributed by atoms with Crippen LogP contribution in [-0.2, 0) is 19.1 Å². The Kier molecular flexibility index (Phi) is 5.84. The highest BCUT2D eigenvalue weighted by Gasteiger charge is 2.06. The molecule has 14 heavy (non-hydrogen) atoms. The number of amidine groups is 1. The summed E-state index contributed by atoms with van der Waals surface area (Å²) in [5.41, 5.74) is 5.22. The average molecular weight is 204 g/mol. The van der Waals surface area contributed by atoms with Gasteiger partial charge in [0.05, 0.1) is 13.7 Å². The first-order valence-electron chi connectivity index (χ1n) is 3.83. The highest BCUT2D eigenvalue weighted by molar-refractivity contribution is 5.96. The van der Waals surface area contributed by atoms with Gasteiger partial charge in [0.1, 0.15) is 6.42 Å². The second kappa shape index (κ2) is 6.70. The average Bonchev–Trinajstić information content (AvgIpc) is 2.14. The summed E-state index contributed by atoms with van der Waals surface area (Å²) < 4.78 is 8.69. The number of hydrogen-bond acceptors (Lipinski definition) is 6. The number of nitrogens with two attached hydrogens (primary N) is 1. The van der Waals surface area contributed by atoms with E-state index in [0.29, 0.717) is 0 Å². The molecule has 0 aliphatic carbocycles. The van der Waals surface area contributed by atoms with Crippen LogP contribution in [0.15, 0.2) is 5.16 Å². The van der Waals surface area contributed by atoms with Crippen molar-refractivity contribution in [3.63, 3.8) is 0 Å². The van der Waals surface area contributed by atoms with Gasteiger partial charge in [-0.3, -0.25) is 9.63 Å². The zero-order valence-electron chi connectivity index (χ0n) is 7.98. The zero-order chi connectivity index (χ0) is 11.0. The summed E-state index contributed by atoms with van der Waals surface area (Å²) in [5, 5.41) is 3.14. The predicted octanol–water partition coefficient (Wildman–Crippen LogP) is -0.00520. The summed E-state index contributed by atoms with van der Waals surface area (Å²) in [5.74, 6) is -0.698. The predicted molar refractivity (Wildman–Crippen MR) is 46.4 cm³/mol. The molecule has 0 saturated heterocycles. The van der Waals surface area contributed by atoms with Crippen LogP contribution in [0.3, 0.4) is 0 Å². The van der Waals surface area contributed by atoms with Crippen molar-refractivity contribution < 1.29 is 23.9 Å².